The molecule has 0 bridgehead atoms. The molecule has 0 spiro atoms. The molecule has 2 rings (SSSR count). The van der Waals surface area contributed by atoms with Gasteiger partial charge in [0.25, 0.3) is 0 Å². The zero-order chi connectivity index (χ0) is 26.2. The van der Waals surface area contributed by atoms with Gasteiger partial charge in [-0.05, 0) is 50.9 Å². The number of hydrogen-bond acceptors (Lipinski definition) is 6. The van der Waals surface area contributed by atoms with E-state index >= 15 is 0 Å². The number of aromatic hydroxyl groups is 2. The molecule has 0 heterocycles. The van der Waals surface area contributed by atoms with Crippen molar-refractivity contribution in [2.24, 2.45) is 0 Å². The molecule has 0 aliphatic rings. The van der Waals surface area contributed by atoms with Crippen LogP contribution in [0.4, 0.5) is 0 Å². The lowest BCUT2D eigenvalue weighted by atomic mass is 10.1. The van der Waals surface area contributed by atoms with Gasteiger partial charge < -0.3 is 20.4 Å². The minimum Gasteiger partial charge on any atom is -0.508 e. The van der Waals surface area contributed by atoms with Crippen LogP contribution in [0.2, 0.25) is 0 Å². The SMILES string of the molecule is O=C(O)CCCCCN(CCN(CCCCCC(=O)O)Cc1ccccc1O)Cc1ccccc1O. The maximum atomic E-state index is 10.8. The number of carbonyl (C=O) groups is 2. The third-order valence-electron chi connectivity index (χ3n) is 6.23. The summed E-state index contributed by atoms with van der Waals surface area (Å²) in [6.07, 6.45) is 5.05. The molecule has 0 atom stereocenters. The summed E-state index contributed by atoms with van der Waals surface area (Å²) in [4.78, 5) is 26.1. The first-order valence-corrected chi connectivity index (χ1v) is 12.8. The lowest BCUT2D eigenvalue weighted by molar-refractivity contribution is -0.138. The van der Waals surface area contributed by atoms with Gasteiger partial charge in [0, 0.05) is 50.1 Å². The highest BCUT2D eigenvalue weighted by Gasteiger charge is 2.14. The monoisotopic (exact) mass is 500 g/mol. The number of unbranched alkanes of at least 4 members (excludes halogenated alkanes) is 4. The summed E-state index contributed by atoms with van der Waals surface area (Å²) in [7, 11) is 0. The quantitative estimate of drug-likeness (QED) is 0.205. The van der Waals surface area contributed by atoms with Crippen LogP contribution in [0.5, 0.6) is 11.5 Å². The van der Waals surface area contributed by atoms with Gasteiger partial charge in [0.2, 0.25) is 0 Å². The normalized spacial score (nSPS) is 11.3. The second-order valence-corrected chi connectivity index (χ2v) is 9.22. The fourth-order valence-electron chi connectivity index (χ4n) is 4.17. The Morgan fingerprint density at radius 1 is 0.556 bits per heavy atom. The van der Waals surface area contributed by atoms with Crippen LogP contribution in [0.1, 0.15) is 62.5 Å². The number of aliphatic carboxylic acids is 2. The van der Waals surface area contributed by atoms with Gasteiger partial charge in [0.1, 0.15) is 11.5 Å². The van der Waals surface area contributed by atoms with Crippen LogP contribution in [0.15, 0.2) is 48.5 Å². The third-order valence-corrected chi connectivity index (χ3v) is 6.23. The van der Waals surface area contributed by atoms with Gasteiger partial charge in [-0.3, -0.25) is 19.4 Å². The van der Waals surface area contributed by atoms with Crippen LogP contribution in [0.25, 0.3) is 0 Å². The molecule has 0 unspecified atom stereocenters. The van der Waals surface area contributed by atoms with Crippen molar-refractivity contribution in [1.82, 2.24) is 9.80 Å². The van der Waals surface area contributed by atoms with E-state index in [0.29, 0.717) is 25.9 Å². The highest BCUT2D eigenvalue weighted by Crippen LogP contribution is 2.20. The second kappa shape index (κ2) is 16.5. The number of para-hydroxylation sites is 2. The van der Waals surface area contributed by atoms with Gasteiger partial charge in [0.05, 0.1) is 0 Å². The average molecular weight is 501 g/mol. The molecule has 2 aromatic carbocycles. The van der Waals surface area contributed by atoms with Crippen LogP contribution >= 0.6 is 0 Å². The summed E-state index contributed by atoms with van der Waals surface area (Å²) in [5.74, 6) is -1.02. The third kappa shape index (κ3) is 12.0. The Morgan fingerprint density at radius 2 is 0.944 bits per heavy atom. The minimum absolute atomic E-state index is 0.176. The van der Waals surface area contributed by atoms with Gasteiger partial charge in [-0.25, -0.2) is 0 Å². The summed E-state index contributed by atoms with van der Waals surface area (Å²) in [5.41, 5.74) is 1.70. The summed E-state index contributed by atoms with van der Waals surface area (Å²) >= 11 is 0. The fourth-order valence-corrected chi connectivity index (χ4v) is 4.17. The molecule has 0 aliphatic carbocycles. The van der Waals surface area contributed by atoms with Crippen LogP contribution in [-0.4, -0.2) is 68.3 Å². The van der Waals surface area contributed by atoms with E-state index in [4.69, 9.17) is 10.2 Å². The topological polar surface area (TPSA) is 122 Å². The Labute approximate surface area is 213 Å². The van der Waals surface area contributed by atoms with Crippen molar-refractivity contribution in [3.8, 4) is 11.5 Å². The molecule has 0 fully saturated rings. The van der Waals surface area contributed by atoms with Crippen LogP contribution in [-0.2, 0) is 22.7 Å². The van der Waals surface area contributed by atoms with Gasteiger partial charge in [-0.15, -0.1) is 0 Å². The van der Waals surface area contributed by atoms with E-state index < -0.39 is 11.9 Å². The Bertz CT molecular complexity index is 860. The Kier molecular flexibility index (Phi) is 13.4. The lowest BCUT2D eigenvalue weighted by Crippen LogP contribution is -2.36. The molecule has 198 valence electrons. The molecule has 36 heavy (non-hydrogen) atoms. The van der Waals surface area contributed by atoms with Gasteiger partial charge in [0.15, 0.2) is 0 Å². The summed E-state index contributed by atoms with van der Waals surface area (Å²) < 4.78 is 0. The van der Waals surface area contributed by atoms with Crippen LogP contribution < -0.4 is 0 Å². The first-order valence-electron chi connectivity index (χ1n) is 12.8. The largest absolute Gasteiger partial charge is 0.508 e. The van der Waals surface area contributed by atoms with E-state index in [1.54, 1.807) is 24.3 Å². The van der Waals surface area contributed by atoms with E-state index in [0.717, 1.165) is 63.0 Å². The number of benzene rings is 2. The fraction of sp³-hybridized carbons (Fsp3) is 0.500. The van der Waals surface area contributed by atoms with Gasteiger partial charge in [-0.2, -0.15) is 0 Å². The molecule has 2 aromatic rings. The minimum atomic E-state index is -0.774. The summed E-state index contributed by atoms with van der Waals surface area (Å²) in [6.45, 7) is 4.25. The van der Waals surface area contributed by atoms with Crippen molar-refractivity contribution < 1.29 is 30.0 Å². The van der Waals surface area contributed by atoms with E-state index in [1.807, 2.05) is 24.3 Å². The predicted molar refractivity (Wildman–Crippen MR) is 139 cm³/mol. The molecule has 4 N–H and O–H groups in total. The zero-order valence-electron chi connectivity index (χ0n) is 21.0. The Morgan fingerprint density at radius 3 is 1.31 bits per heavy atom. The average Bonchev–Trinajstić information content (AvgIpc) is 2.83. The molecular formula is C28H40N2O6. The van der Waals surface area contributed by atoms with Crippen molar-refractivity contribution in [2.75, 3.05) is 26.2 Å². The van der Waals surface area contributed by atoms with Crippen molar-refractivity contribution in [3.63, 3.8) is 0 Å². The molecule has 8 heteroatoms. The molecule has 0 amide bonds. The van der Waals surface area contributed by atoms with Crippen LogP contribution in [0, 0.1) is 0 Å². The molecule has 0 aliphatic heterocycles. The summed E-state index contributed by atoms with van der Waals surface area (Å²) in [5, 5.41) is 38.3. The summed E-state index contributed by atoms with van der Waals surface area (Å²) in [6, 6.07) is 14.6. The first kappa shape index (κ1) is 29.1. The molecule has 0 aromatic heterocycles. The number of carboxylic acids is 2. The molecule has 0 radical (unpaired) electrons. The Hall–Kier alpha value is -3.10. The number of rotatable bonds is 19. The van der Waals surface area contributed by atoms with E-state index in [9.17, 15) is 19.8 Å². The lowest BCUT2D eigenvalue weighted by Gasteiger charge is -2.28. The van der Waals surface area contributed by atoms with Crippen molar-refractivity contribution in [2.45, 2.75) is 64.5 Å². The van der Waals surface area contributed by atoms with E-state index in [1.165, 1.54) is 0 Å². The van der Waals surface area contributed by atoms with Crippen molar-refractivity contribution >= 4 is 11.9 Å². The van der Waals surface area contributed by atoms with E-state index in [2.05, 4.69) is 9.80 Å². The number of nitrogens with zero attached hydrogens (tertiary/aromatic N) is 2. The Balaban J connectivity index is 2.00. The smallest absolute Gasteiger partial charge is 0.303 e. The van der Waals surface area contributed by atoms with Gasteiger partial charge in [-0.1, -0.05) is 49.2 Å². The molecule has 0 saturated heterocycles. The number of hydrogen-bond donors (Lipinski definition) is 4. The number of phenolic OH excluding ortho intramolecular Hbond substituents is 2. The highest BCUT2D eigenvalue weighted by atomic mass is 16.4. The first-order chi connectivity index (χ1) is 17.3. The maximum Gasteiger partial charge on any atom is 0.303 e. The van der Waals surface area contributed by atoms with Crippen LogP contribution in [0.3, 0.4) is 0 Å². The molecular weight excluding hydrogens is 460 g/mol. The van der Waals surface area contributed by atoms with E-state index in [-0.39, 0.29) is 24.3 Å². The van der Waals surface area contributed by atoms with Crippen molar-refractivity contribution in [3.05, 3.63) is 59.7 Å². The highest BCUT2D eigenvalue weighted by molar-refractivity contribution is 5.66. The number of phenols is 2. The zero-order valence-corrected chi connectivity index (χ0v) is 21.0. The standard InChI is InChI=1S/C28H40N2O6/c31-25-13-7-5-11-23(25)21-29(17-9-1-3-15-27(33)34)19-20-30(18-10-2-4-16-28(35)36)22-24-12-6-8-14-26(24)32/h5-8,11-14,31-32H,1-4,9-10,15-22H2,(H,33,34)(H,35,36). The number of carboxylic acid groups (broad SMARTS) is 2. The molecule has 0 saturated carbocycles. The second-order valence-electron chi connectivity index (χ2n) is 9.22. The maximum absolute atomic E-state index is 10.8. The van der Waals surface area contributed by atoms with Crippen molar-refractivity contribution in [1.29, 1.82) is 0 Å². The molecule has 8 nitrogen and oxygen atoms in total. The predicted octanol–water partition coefficient (Wildman–Crippen LogP) is 4.69. The van der Waals surface area contributed by atoms with Gasteiger partial charge >= 0.3 is 11.9 Å².